The van der Waals surface area contributed by atoms with Gasteiger partial charge in [-0.15, -0.1) is 11.8 Å². The van der Waals surface area contributed by atoms with Crippen LogP contribution in [0.4, 0.5) is 5.69 Å². The molecule has 3 aromatic rings. The number of hydrogen-bond donors (Lipinski definition) is 0. The quantitative estimate of drug-likeness (QED) is 0.505. The Kier molecular flexibility index (Phi) is 7.76. The summed E-state index contributed by atoms with van der Waals surface area (Å²) in [6, 6.07) is 19.7. The number of anilines is 1. The molecule has 7 heteroatoms. The molecule has 1 aliphatic heterocycles. The SMILES string of the molecule is O=C(CSCc1coc(-c2ccccc2)n1)N(CCN1CCOCC1)c1ccccc1. The Morgan fingerprint density at radius 3 is 2.48 bits per heavy atom. The van der Waals surface area contributed by atoms with Gasteiger partial charge in [-0.25, -0.2) is 4.98 Å². The number of thioether (sulfide) groups is 1. The summed E-state index contributed by atoms with van der Waals surface area (Å²) in [5.41, 5.74) is 2.73. The molecule has 0 radical (unpaired) electrons. The minimum atomic E-state index is 0.108. The van der Waals surface area contributed by atoms with Crippen molar-refractivity contribution in [2.45, 2.75) is 5.75 Å². The maximum Gasteiger partial charge on any atom is 0.237 e. The first-order valence-corrected chi connectivity index (χ1v) is 11.7. The van der Waals surface area contributed by atoms with E-state index < -0.39 is 0 Å². The molecule has 4 rings (SSSR count). The van der Waals surface area contributed by atoms with Gasteiger partial charge in [0.1, 0.15) is 6.26 Å². The van der Waals surface area contributed by atoms with Gasteiger partial charge < -0.3 is 14.1 Å². The van der Waals surface area contributed by atoms with E-state index in [4.69, 9.17) is 9.15 Å². The van der Waals surface area contributed by atoms with E-state index in [2.05, 4.69) is 9.88 Å². The third-order valence-electron chi connectivity index (χ3n) is 5.16. The molecule has 1 fully saturated rings. The summed E-state index contributed by atoms with van der Waals surface area (Å²) in [5.74, 6) is 1.75. The molecule has 0 unspecified atom stereocenters. The minimum absolute atomic E-state index is 0.108. The Labute approximate surface area is 187 Å². The average Bonchev–Trinajstić information content (AvgIpc) is 3.30. The smallest absolute Gasteiger partial charge is 0.237 e. The first kappa shape index (κ1) is 21.6. The van der Waals surface area contributed by atoms with E-state index in [1.807, 2.05) is 65.6 Å². The van der Waals surface area contributed by atoms with Crippen LogP contribution < -0.4 is 4.90 Å². The molecule has 0 spiro atoms. The molecule has 6 nitrogen and oxygen atoms in total. The van der Waals surface area contributed by atoms with Gasteiger partial charge >= 0.3 is 0 Å². The van der Waals surface area contributed by atoms with E-state index in [1.54, 1.807) is 18.0 Å². The molecule has 0 aliphatic carbocycles. The zero-order chi connectivity index (χ0) is 21.3. The largest absolute Gasteiger partial charge is 0.444 e. The molecule has 2 aromatic carbocycles. The van der Waals surface area contributed by atoms with Crippen LogP contribution in [0.3, 0.4) is 0 Å². The van der Waals surface area contributed by atoms with Crippen LogP contribution in [0.15, 0.2) is 71.3 Å². The van der Waals surface area contributed by atoms with Crippen molar-refractivity contribution in [3.05, 3.63) is 72.6 Å². The Bertz CT molecular complexity index is 943. The molecule has 1 amide bonds. The van der Waals surface area contributed by atoms with Gasteiger partial charge in [0.25, 0.3) is 0 Å². The number of carbonyl (C=O) groups excluding carboxylic acids is 1. The van der Waals surface area contributed by atoms with Crippen molar-refractivity contribution in [2.24, 2.45) is 0 Å². The standard InChI is InChI=1S/C24H27N3O3S/c28-23(19-31-18-21-17-30-24(25-21)20-7-3-1-4-8-20)27(22-9-5-2-6-10-22)12-11-26-13-15-29-16-14-26/h1-10,17H,11-16,18-19H2. The van der Waals surface area contributed by atoms with E-state index in [0.717, 1.165) is 49.8 Å². The van der Waals surface area contributed by atoms with Crippen LogP contribution in [0.1, 0.15) is 5.69 Å². The molecule has 31 heavy (non-hydrogen) atoms. The number of morpholine rings is 1. The summed E-state index contributed by atoms with van der Waals surface area (Å²) in [6.07, 6.45) is 1.67. The molecule has 0 N–H and O–H groups in total. The van der Waals surface area contributed by atoms with Crippen molar-refractivity contribution >= 4 is 23.4 Å². The zero-order valence-corrected chi connectivity index (χ0v) is 18.3. The Morgan fingerprint density at radius 1 is 1.03 bits per heavy atom. The topological polar surface area (TPSA) is 58.8 Å². The van der Waals surface area contributed by atoms with E-state index >= 15 is 0 Å². The van der Waals surface area contributed by atoms with Gasteiger partial charge in [0.15, 0.2) is 0 Å². The van der Waals surface area contributed by atoms with Gasteiger partial charge in [0.05, 0.1) is 24.7 Å². The molecular formula is C24H27N3O3S. The van der Waals surface area contributed by atoms with E-state index in [-0.39, 0.29) is 5.91 Å². The lowest BCUT2D eigenvalue weighted by Crippen LogP contribution is -2.43. The van der Waals surface area contributed by atoms with Crippen LogP contribution >= 0.6 is 11.8 Å². The van der Waals surface area contributed by atoms with Crippen LogP contribution in [0.5, 0.6) is 0 Å². The monoisotopic (exact) mass is 437 g/mol. The van der Waals surface area contributed by atoms with E-state index in [9.17, 15) is 4.79 Å². The van der Waals surface area contributed by atoms with Crippen LogP contribution in [0.25, 0.3) is 11.5 Å². The highest BCUT2D eigenvalue weighted by Crippen LogP contribution is 2.21. The normalized spacial score (nSPS) is 14.5. The first-order chi connectivity index (χ1) is 15.3. The fourth-order valence-corrected chi connectivity index (χ4v) is 4.25. The number of amides is 1. The number of oxazole rings is 1. The molecule has 0 saturated carbocycles. The number of para-hydroxylation sites is 1. The fraction of sp³-hybridized carbons (Fsp3) is 0.333. The van der Waals surface area contributed by atoms with Gasteiger partial charge in [-0.05, 0) is 24.3 Å². The molecule has 0 atom stereocenters. The average molecular weight is 438 g/mol. The number of nitrogens with zero attached hydrogens (tertiary/aromatic N) is 3. The Morgan fingerprint density at radius 2 is 1.74 bits per heavy atom. The highest BCUT2D eigenvalue weighted by Gasteiger charge is 2.18. The number of benzene rings is 2. The third-order valence-corrected chi connectivity index (χ3v) is 6.11. The van der Waals surface area contributed by atoms with Crippen molar-refractivity contribution in [3.8, 4) is 11.5 Å². The maximum absolute atomic E-state index is 13.1. The summed E-state index contributed by atoms with van der Waals surface area (Å²) < 4.78 is 11.0. The van der Waals surface area contributed by atoms with Crippen molar-refractivity contribution in [2.75, 3.05) is 50.0 Å². The lowest BCUT2D eigenvalue weighted by atomic mass is 10.2. The van der Waals surface area contributed by atoms with Gasteiger partial charge in [0.2, 0.25) is 11.8 Å². The van der Waals surface area contributed by atoms with Crippen LogP contribution in [0, 0.1) is 0 Å². The summed E-state index contributed by atoms with van der Waals surface area (Å²) in [6.45, 7) is 4.88. The summed E-state index contributed by atoms with van der Waals surface area (Å²) in [7, 11) is 0. The van der Waals surface area contributed by atoms with Crippen LogP contribution in [-0.2, 0) is 15.3 Å². The molecule has 1 aromatic heterocycles. The molecule has 1 aliphatic rings. The summed E-state index contributed by atoms with van der Waals surface area (Å²) >= 11 is 1.56. The van der Waals surface area contributed by atoms with Crippen molar-refractivity contribution < 1.29 is 13.9 Å². The second-order valence-electron chi connectivity index (χ2n) is 7.34. The second kappa shape index (κ2) is 11.1. The minimum Gasteiger partial charge on any atom is -0.444 e. The van der Waals surface area contributed by atoms with Crippen molar-refractivity contribution in [3.63, 3.8) is 0 Å². The number of carbonyl (C=O) groups is 1. The molecule has 0 bridgehead atoms. The number of hydrogen-bond acceptors (Lipinski definition) is 6. The van der Waals surface area contributed by atoms with E-state index in [1.165, 1.54) is 0 Å². The highest BCUT2D eigenvalue weighted by atomic mass is 32.2. The number of ether oxygens (including phenoxy) is 1. The van der Waals surface area contributed by atoms with Gasteiger partial charge in [0, 0.05) is 43.2 Å². The summed E-state index contributed by atoms with van der Waals surface area (Å²) in [5, 5.41) is 0. The van der Waals surface area contributed by atoms with Gasteiger partial charge in [-0.2, -0.15) is 0 Å². The maximum atomic E-state index is 13.1. The van der Waals surface area contributed by atoms with Crippen molar-refractivity contribution in [1.82, 2.24) is 9.88 Å². The van der Waals surface area contributed by atoms with Crippen molar-refractivity contribution in [1.29, 1.82) is 0 Å². The predicted octanol–water partition coefficient (Wildman–Crippen LogP) is 3.94. The predicted molar refractivity (Wildman–Crippen MR) is 124 cm³/mol. The van der Waals surface area contributed by atoms with Crippen LogP contribution in [-0.4, -0.2) is 60.9 Å². The third kappa shape index (κ3) is 6.19. The Hall–Kier alpha value is -2.61. The second-order valence-corrected chi connectivity index (χ2v) is 8.32. The van der Waals surface area contributed by atoms with E-state index in [0.29, 0.717) is 23.9 Å². The van der Waals surface area contributed by atoms with Crippen LogP contribution in [0.2, 0.25) is 0 Å². The summed E-state index contributed by atoms with van der Waals surface area (Å²) in [4.78, 5) is 21.8. The lowest BCUT2D eigenvalue weighted by Gasteiger charge is -2.30. The van der Waals surface area contributed by atoms with Gasteiger partial charge in [-0.3, -0.25) is 9.69 Å². The first-order valence-electron chi connectivity index (χ1n) is 10.5. The molecular weight excluding hydrogens is 410 g/mol. The highest BCUT2D eigenvalue weighted by molar-refractivity contribution is 7.99. The lowest BCUT2D eigenvalue weighted by molar-refractivity contribution is -0.116. The molecule has 2 heterocycles. The molecule has 1 saturated heterocycles. The molecule has 162 valence electrons. The Balaban J connectivity index is 1.32. The zero-order valence-electron chi connectivity index (χ0n) is 17.5. The fourth-order valence-electron chi connectivity index (χ4n) is 3.48. The number of rotatable bonds is 9. The van der Waals surface area contributed by atoms with Gasteiger partial charge in [-0.1, -0.05) is 36.4 Å². The number of aromatic nitrogens is 1.